The van der Waals surface area contributed by atoms with Gasteiger partial charge in [-0.1, -0.05) is 0 Å². The van der Waals surface area contributed by atoms with Crippen molar-refractivity contribution >= 4 is 20.9 Å². The molecule has 0 unspecified atom stereocenters. The van der Waals surface area contributed by atoms with Crippen LogP contribution < -0.4 is 4.72 Å². The van der Waals surface area contributed by atoms with E-state index in [1.54, 1.807) is 12.1 Å². The highest BCUT2D eigenvalue weighted by atomic mass is 32.2. The fourth-order valence-electron chi connectivity index (χ4n) is 3.92. The van der Waals surface area contributed by atoms with Crippen LogP contribution in [-0.4, -0.2) is 26.2 Å². The van der Waals surface area contributed by atoms with E-state index in [0.29, 0.717) is 36.0 Å². The predicted molar refractivity (Wildman–Crippen MR) is 102 cm³/mol. The van der Waals surface area contributed by atoms with Gasteiger partial charge in [0.1, 0.15) is 17.5 Å². The molecule has 0 atom stereocenters. The summed E-state index contributed by atoms with van der Waals surface area (Å²) in [5, 5.41) is 0.469. The van der Waals surface area contributed by atoms with Gasteiger partial charge < -0.3 is 4.98 Å². The summed E-state index contributed by atoms with van der Waals surface area (Å²) in [6.07, 6.45) is 2.50. The van der Waals surface area contributed by atoms with E-state index in [-0.39, 0.29) is 23.2 Å². The minimum Gasteiger partial charge on any atom is -0.352 e. The molecular formula is C20H19F3N2O2S. The number of H-pyrrole nitrogens is 1. The van der Waals surface area contributed by atoms with Crippen LogP contribution >= 0.6 is 0 Å². The van der Waals surface area contributed by atoms with Crippen molar-refractivity contribution in [3.8, 4) is 11.3 Å². The molecule has 0 bridgehead atoms. The summed E-state index contributed by atoms with van der Waals surface area (Å²) in [6.45, 7) is 0.340. The first-order valence-electron chi connectivity index (χ1n) is 8.92. The summed E-state index contributed by atoms with van der Waals surface area (Å²) in [7, 11) is -3.26. The maximum atomic E-state index is 14.3. The highest BCUT2D eigenvalue weighted by Gasteiger charge is 2.34. The number of sulfonamides is 1. The Kier molecular flexibility index (Phi) is 4.71. The summed E-state index contributed by atoms with van der Waals surface area (Å²) in [5.74, 6) is -1.54. The molecule has 0 aliphatic heterocycles. The lowest BCUT2D eigenvalue weighted by Gasteiger charge is -2.36. The second-order valence-corrected chi connectivity index (χ2v) is 9.22. The molecule has 1 aliphatic carbocycles. The topological polar surface area (TPSA) is 62.0 Å². The second kappa shape index (κ2) is 6.93. The van der Waals surface area contributed by atoms with E-state index in [1.807, 2.05) is 0 Å². The molecule has 2 aromatic carbocycles. The van der Waals surface area contributed by atoms with Gasteiger partial charge in [-0.15, -0.1) is 0 Å². The minimum absolute atomic E-state index is 0.0290. The first-order chi connectivity index (χ1) is 13.2. The van der Waals surface area contributed by atoms with Crippen molar-refractivity contribution in [2.75, 3.05) is 12.8 Å². The van der Waals surface area contributed by atoms with Crippen molar-refractivity contribution in [2.45, 2.75) is 18.8 Å². The van der Waals surface area contributed by atoms with Gasteiger partial charge in [0.15, 0.2) is 0 Å². The maximum Gasteiger partial charge on any atom is 0.208 e. The number of hydrogen-bond donors (Lipinski definition) is 2. The van der Waals surface area contributed by atoms with E-state index < -0.39 is 21.7 Å². The van der Waals surface area contributed by atoms with Crippen molar-refractivity contribution in [2.24, 2.45) is 5.92 Å². The van der Waals surface area contributed by atoms with Gasteiger partial charge in [0.2, 0.25) is 10.0 Å². The van der Waals surface area contributed by atoms with E-state index in [0.717, 1.165) is 17.9 Å². The highest BCUT2D eigenvalue weighted by Crippen LogP contribution is 2.48. The maximum absolute atomic E-state index is 14.3. The Morgan fingerprint density at radius 3 is 2.39 bits per heavy atom. The zero-order valence-corrected chi connectivity index (χ0v) is 15.9. The smallest absolute Gasteiger partial charge is 0.208 e. The molecule has 8 heteroatoms. The number of rotatable bonds is 5. The molecule has 0 saturated heterocycles. The molecule has 1 aliphatic rings. The Hall–Kier alpha value is -2.32. The normalized spacial score (nSPS) is 19.7. The number of aromatic nitrogens is 1. The average molecular weight is 408 g/mol. The molecular weight excluding hydrogens is 389 g/mol. The number of halogens is 3. The van der Waals surface area contributed by atoms with Crippen LogP contribution in [0, 0.1) is 23.4 Å². The molecule has 0 radical (unpaired) electrons. The lowest BCUT2D eigenvalue weighted by molar-refractivity contribution is 0.267. The molecule has 2 N–H and O–H groups in total. The SMILES string of the molecule is CS(=O)(=O)NC[C@H]1C[C@H](c2c(-c3ccc(F)cc3)[nH]c3c(F)cc(F)cc32)C1. The third-order valence-electron chi connectivity index (χ3n) is 5.28. The van der Waals surface area contributed by atoms with Crippen LogP contribution in [0.15, 0.2) is 36.4 Å². The molecule has 28 heavy (non-hydrogen) atoms. The Balaban J connectivity index is 1.72. The molecule has 4 rings (SSSR count). The van der Waals surface area contributed by atoms with Crippen LogP contribution in [0.3, 0.4) is 0 Å². The molecule has 1 aromatic heterocycles. The summed E-state index contributed by atoms with van der Waals surface area (Å²) in [4.78, 5) is 3.04. The summed E-state index contributed by atoms with van der Waals surface area (Å²) >= 11 is 0. The number of nitrogens with one attached hydrogen (secondary N) is 2. The van der Waals surface area contributed by atoms with E-state index in [2.05, 4.69) is 9.71 Å². The predicted octanol–water partition coefficient (Wildman–Crippen LogP) is 4.30. The lowest BCUT2D eigenvalue weighted by atomic mass is 9.70. The zero-order valence-electron chi connectivity index (χ0n) is 15.1. The van der Waals surface area contributed by atoms with Gasteiger partial charge in [0, 0.05) is 18.0 Å². The third-order valence-corrected chi connectivity index (χ3v) is 5.97. The van der Waals surface area contributed by atoms with Crippen LogP contribution in [0.5, 0.6) is 0 Å². The fraction of sp³-hybridized carbons (Fsp3) is 0.300. The van der Waals surface area contributed by atoms with Crippen LogP contribution in [0.4, 0.5) is 13.2 Å². The number of fused-ring (bicyclic) bond motifs is 1. The van der Waals surface area contributed by atoms with Crippen molar-refractivity contribution in [3.63, 3.8) is 0 Å². The Morgan fingerprint density at radius 2 is 1.75 bits per heavy atom. The summed E-state index contributed by atoms with van der Waals surface area (Å²) in [6, 6.07) is 7.97. The van der Waals surface area contributed by atoms with Gasteiger partial charge in [-0.25, -0.2) is 26.3 Å². The molecule has 0 spiro atoms. The van der Waals surface area contributed by atoms with Crippen molar-refractivity contribution in [1.29, 1.82) is 0 Å². The molecule has 1 heterocycles. The molecule has 3 aromatic rings. The van der Waals surface area contributed by atoms with E-state index in [1.165, 1.54) is 18.2 Å². The number of aromatic amines is 1. The van der Waals surface area contributed by atoms with Gasteiger partial charge >= 0.3 is 0 Å². The Morgan fingerprint density at radius 1 is 1.07 bits per heavy atom. The fourth-order valence-corrected chi connectivity index (χ4v) is 4.45. The minimum atomic E-state index is -3.26. The first kappa shape index (κ1) is 19.0. The average Bonchev–Trinajstić information content (AvgIpc) is 2.93. The van der Waals surface area contributed by atoms with E-state index >= 15 is 0 Å². The lowest BCUT2D eigenvalue weighted by Crippen LogP contribution is -2.34. The molecule has 4 nitrogen and oxygen atoms in total. The third kappa shape index (κ3) is 3.66. The molecule has 0 amide bonds. The van der Waals surface area contributed by atoms with E-state index in [4.69, 9.17) is 0 Å². The monoisotopic (exact) mass is 408 g/mol. The first-order valence-corrected chi connectivity index (χ1v) is 10.8. The highest BCUT2D eigenvalue weighted by molar-refractivity contribution is 7.88. The quantitative estimate of drug-likeness (QED) is 0.661. The van der Waals surface area contributed by atoms with Gasteiger partial charge in [0.25, 0.3) is 0 Å². The van der Waals surface area contributed by atoms with Crippen molar-refractivity contribution in [1.82, 2.24) is 9.71 Å². The van der Waals surface area contributed by atoms with Crippen molar-refractivity contribution in [3.05, 3.63) is 59.4 Å². The van der Waals surface area contributed by atoms with Gasteiger partial charge in [-0.3, -0.25) is 0 Å². The number of hydrogen-bond acceptors (Lipinski definition) is 2. The zero-order chi connectivity index (χ0) is 20.1. The van der Waals surface area contributed by atoms with Gasteiger partial charge in [0.05, 0.1) is 17.5 Å². The van der Waals surface area contributed by atoms with Gasteiger partial charge in [-0.2, -0.15) is 0 Å². The van der Waals surface area contributed by atoms with Gasteiger partial charge in [-0.05, 0) is 66.1 Å². The standard InChI is InChI=1S/C20H19F3N2O2S/c1-28(26,27)24-10-11-6-13(7-11)18-16-8-15(22)9-17(23)20(16)25-19(18)12-2-4-14(21)5-3-12/h2-5,8-9,11,13,24-25H,6-7,10H2,1H3/t11-,13-. The van der Waals surface area contributed by atoms with Crippen molar-refractivity contribution < 1.29 is 21.6 Å². The summed E-state index contributed by atoms with van der Waals surface area (Å²) in [5.41, 5.74) is 2.33. The molecule has 1 saturated carbocycles. The van der Waals surface area contributed by atoms with Crippen LogP contribution in [-0.2, 0) is 10.0 Å². The van der Waals surface area contributed by atoms with Crippen LogP contribution in [0.1, 0.15) is 24.3 Å². The molecule has 148 valence electrons. The Bertz CT molecular complexity index is 1130. The van der Waals surface area contributed by atoms with Crippen LogP contribution in [0.25, 0.3) is 22.2 Å². The largest absolute Gasteiger partial charge is 0.352 e. The van der Waals surface area contributed by atoms with Crippen LogP contribution in [0.2, 0.25) is 0 Å². The Labute approximate surface area is 160 Å². The second-order valence-electron chi connectivity index (χ2n) is 7.39. The summed E-state index contributed by atoms with van der Waals surface area (Å²) < 4.78 is 66.6. The van der Waals surface area contributed by atoms with E-state index in [9.17, 15) is 21.6 Å². The number of benzene rings is 2. The molecule has 1 fully saturated rings.